The Labute approximate surface area is 166 Å². The number of nitrogens with one attached hydrogen (secondary N) is 1. The number of likely N-dealkylation sites (tertiary alicyclic amines) is 1. The van der Waals surface area contributed by atoms with Crippen molar-refractivity contribution < 1.29 is 9.59 Å². The van der Waals surface area contributed by atoms with E-state index in [1.807, 2.05) is 31.2 Å². The van der Waals surface area contributed by atoms with Gasteiger partial charge >= 0.3 is 0 Å². The van der Waals surface area contributed by atoms with E-state index in [0.29, 0.717) is 24.2 Å². The number of anilines is 1. The van der Waals surface area contributed by atoms with Crippen LogP contribution in [0.3, 0.4) is 0 Å². The molecule has 0 aliphatic carbocycles. The minimum atomic E-state index is -0.857. The highest BCUT2D eigenvalue weighted by Gasteiger charge is 2.49. The summed E-state index contributed by atoms with van der Waals surface area (Å²) in [5, 5.41) is 2.90. The topological polar surface area (TPSA) is 49.4 Å². The van der Waals surface area contributed by atoms with Crippen LogP contribution in [-0.4, -0.2) is 28.8 Å². The molecule has 2 aromatic carbocycles. The van der Waals surface area contributed by atoms with Gasteiger partial charge in [0.25, 0.3) is 5.91 Å². The second-order valence-corrected chi connectivity index (χ2v) is 8.48. The summed E-state index contributed by atoms with van der Waals surface area (Å²) >= 11 is 0. The zero-order valence-corrected chi connectivity index (χ0v) is 16.9. The molecule has 4 nitrogen and oxygen atoms in total. The number of nitrogens with zero attached hydrogens (tertiary/aromatic N) is 1. The van der Waals surface area contributed by atoms with Gasteiger partial charge in [-0.15, -0.1) is 6.42 Å². The van der Waals surface area contributed by atoms with Crippen LogP contribution in [0.2, 0.25) is 0 Å². The molecule has 1 aliphatic heterocycles. The van der Waals surface area contributed by atoms with E-state index in [1.54, 1.807) is 29.2 Å². The van der Waals surface area contributed by atoms with Crippen molar-refractivity contribution in [1.29, 1.82) is 0 Å². The monoisotopic (exact) mass is 374 g/mol. The van der Waals surface area contributed by atoms with Crippen molar-refractivity contribution in [3.8, 4) is 12.3 Å². The first-order valence-electron chi connectivity index (χ1n) is 9.46. The largest absolute Gasteiger partial charge is 0.324 e. The predicted octanol–water partition coefficient (Wildman–Crippen LogP) is 4.21. The van der Waals surface area contributed by atoms with Crippen LogP contribution in [0.5, 0.6) is 0 Å². The summed E-state index contributed by atoms with van der Waals surface area (Å²) < 4.78 is 0. The lowest BCUT2D eigenvalue weighted by Crippen LogP contribution is -2.66. The maximum Gasteiger partial charge on any atom is 0.254 e. The van der Waals surface area contributed by atoms with E-state index in [1.165, 1.54) is 5.56 Å². The van der Waals surface area contributed by atoms with E-state index in [-0.39, 0.29) is 17.2 Å². The molecule has 1 fully saturated rings. The summed E-state index contributed by atoms with van der Waals surface area (Å²) in [7, 11) is 0. The van der Waals surface area contributed by atoms with Gasteiger partial charge in [-0.2, -0.15) is 0 Å². The quantitative estimate of drug-likeness (QED) is 0.818. The van der Waals surface area contributed by atoms with Gasteiger partial charge in [0, 0.05) is 23.4 Å². The molecule has 144 valence electrons. The van der Waals surface area contributed by atoms with Crippen molar-refractivity contribution in [3.05, 3.63) is 65.2 Å². The normalized spacial score (nSPS) is 18.8. The molecule has 28 heavy (non-hydrogen) atoms. The van der Waals surface area contributed by atoms with Crippen LogP contribution in [0.4, 0.5) is 5.69 Å². The molecule has 3 rings (SSSR count). The van der Waals surface area contributed by atoms with E-state index >= 15 is 0 Å². The van der Waals surface area contributed by atoms with Crippen molar-refractivity contribution in [1.82, 2.24) is 4.90 Å². The summed E-state index contributed by atoms with van der Waals surface area (Å²) in [5.41, 5.74) is 2.36. The number of benzene rings is 2. The first-order valence-corrected chi connectivity index (χ1v) is 9.46. The van der Waals surface area contributed by atoms with Gasteiger partial charge in [0.2, 0.25) is 5.91 Å². The highest BCUT2D eigenvalue weighted by Crippen LogP contribution is 2.33. The SMILES string of the molecule is C#Cc1ccc(NC(=O)C2(C)CCN2C(=O)c2ccc(C(C)(C)C)cc2)cc1. The Morgan fingerprint density at radius 1 is 1.07 bits per heavy atom. The molecular weight excluding hydrogens is 348 g/mol. The number of carbonyl (C=O) groups is 2. The van der Waals surface area contributed by atoms with Gasteiger partial charge in [0.1, 0.15) is 5.54 Å². The van der Waals surface area contributed by atoms with Gasteiger partial charge in [-0.1, -0.05) is 38.8 Å². The fraction of sp³-hybridized carbons (Fsp3) is 0.333. The van der Waals surface area contributed by atoms with Crippen LogP contribution in [0, 0.1) is 12.3 Å². The number of rotatable bonds is 3. The zero-order valence-electron chi connectivity index (χ0n) is 16.9. The third-order valence-electron chi connectivity index (χ3n) is 5.46. The van der Waals surface area contributed by atoms with E-state index in [4.69, 9.17) is 6.42 Å². The second kappa shape index (κ2) is 7.16. The van der Waals surface area contributed by atoms with Crippen LogP contribution in [0.25, 0.3) is 0 Å². The van der Waals surface area contributed by atoms with Gasteiger partial charge in [0.15, 0.2) is 0 Å². The first-order chi connectivity index (χ1) is 13.1. The molecule has 0 radical (unpaired) electrons. The molecule has 2 aromatic rings. The lowest BCUT2D eigenvalue weighted by molar-refractivity contribution is -0.132. The molecule has 1 N–H and O–H groups in total. The van der Waals surface area contributed by atoms with Crippen molar-refractivity contribution in [2.45, 2.75) is 45.1 Å². The Kier molecular flexibility index (Phi) is 5.04. The van der Waals surface area contributed by atoms with Crippen molar-refractivity contribution in [2.75, 3.05) is 11.9 Å². The molecule has 1 aliphatic rings. The Bertz CT molecular complexity index is 931. The molecule has 1 unspecified atom stereocenters. The van der Waals surface area contributed by atoms with Crippen molar-refractivity contribution in [2.24, 2.45) is 0 Å². The fourth-order valence-corrected chi connectivity index (χ4v) is 3.30. The number of carbonyl (C=O) groups excluding carboxylic acids is 2. The smallest absolute Gasteiger partial charge is 0.254 e. The van der Waals surface area contributed by atoms with Crippen LogP contribution in [-0.2, 0) is 10.2 Å². The summed E-state index contributed by atoms with van der Waals surface area (Å²) in [4.78, 5) is 27.5. The maximum atomic E-state index is 13.0. The molecular formula is C24H26N2O2. The highest BCUT2D eigenvalue weighted by molar-refractivity contribution is 6.04. The average Bonchev–Trinajstić information content (AvgIpc) is 2.66. The lowest BCUT2D eigenvalue weighted by Gasteiger charge is -2.49. The third kappa shape index (κ3) is 3.66. The number of hydrogen-bond acceptors (Lipinski definition) is 2. The summed E-state index contributed by atoms with van der Waals surface area (Å²) in [5.74, 6) is 2.24. The Morgan fingerprint density at radius 3 is 2.14 bits per heavy atom. The Balaban J connectivity index is 1.73. The molecule has 1 atom stereocenters. The Morgan fingerprint density at radius 2 is 1.68 bits per heavy atom. The molecule has 1 saturated heterocycles. The first kappa shape index (κ1) is 19.7. The maximum absolute atomic E-state index is 13.0. The summed E-state index contributed by atoms with van der Waals surface area (Å²) in [6, 6.07) is 14.8. The average molecular weight is 374 g/mol. The molecule has 0 spiro atoms. The zero-order chi connectivity index (χ0) is 20.5. The van der Waals surface area contributed by atoms with Crippen LogP contribution < -0.4 is 5.32 Å². The number of hydrogen-bond donors (Lipinski definition) is 1. The number of terminal acetylenes is 1. The molecule has 0 aromatic heterocycles. The van der Waals surface area contributed by atoms with Crippen LogP contribution in [0.15, 0.2) is 48.5 Å². The van der Waals surface area contributed by atoms with Gasteiger partial charge in [-0.05, 0) is 60.7 Å². The van der Waals surface area contributed by atoms with E-state index in [2.05, 4.69) is 32.0 Å². The third-order valence-corrected chi connectivity index (χ3v) is 5.46. The molecule has 0 bridgehead atoms. The Hall–Kier alpha value is -3.06. The van der Waals surface area contributed by atoms with Gasteiger partial charge in [0.05, 0.1) is 0 Å². The highest BCUT2D eigenvalue weighted by atomic mass is 16.2. The minimum absolute atomic E-state index is 0.0295. The van der Waals surface area contributed by atoms with E-state index in [0.717, 1.165) is 5.56 Å². The second-order valence-electron chi connectivity index (χ2n) is 8.48. The van der Waals surface area contributed by atoms with Gasteiger partial charge in [-0.25, -0.2) is 0 Å². The fourth-order valence-electron chi connectivity index (χ4n) is 3.30. The summed E-state index contributed by atoms with van der Waals surface area (Å²) in [6.45, 7) is 8.78. The standard InChI is InChI=1S/C24H26N2O2/c1-6-17-7-13-20(14-8-17)25-22(28)24(5)15-16-26(24)21(27)18-9-11-19(12-10-18)23(2,3)4/h1,7-14H,15-16H2,2-5H3,(H,25,28). The van der Waals surface area contributed by atoms with Crippen molar-refractivity contribution in [3.63, 3.8) is 0 Å². The lowest BCUT2D eigenvalue weighted by atomic mass is 9.84. The van der Waals surface area contributed by atoms with E-state index in [9.17, 15) is 9.59 Å². The van der Waals surface area contributed by atoms with Crippen LogP contribution >= 0.6 is 0 Å². The van der Waals surface area contributed by atoms with Gasteiger partial charge < -0.3 is 10.2 Å². The minimum Gasteiger partial charge on any atom is -0.324 e. The predicted molar refractivity (Wildman–Crippen MR) is 112 cm³/mol. The molecule has 1 heterocycles. The van der Waals surface area contributed by atoms with E-state index < -0.39 is 5.54 Å². The molecule has 2 amide bonds. The van der Waals surface area contributed by atoms with Crippen molar-refractivity contribution >= 4 is 17.5 Å². The molecule has 4 heteroatoms. The molecule has 0 saturated carbocycles. The van der Waals surface area contributed by atoms with Gasteiger partial charge in [-0.3, -0.25) is 9.59 Å². The number of amides is 2. The van der Waals surface area contributed by atoms with Crippen LogP contribution in [0.1, 0.15) is 55.6 Å². The summed E-state index contributed by atoms with van der Waals surface area (Å²) in [6.07, 6.45) is 5.99.